The lowest BCUT2D eigenvalue weighted by Crippen LogP contribution is -2.31. The molecule has 0 heterocycles. The van der Waals surface area contributed by atoms with Crippen LogP contribution in [0.5, 0.6) is 0 Å². The van der Waals surface area contributed by atoms with Gasteiger partial charge in [-0.1, -0.05) is 420 Å². The monoisotopic (exact) mass is 1150 g/mol. The molecule has 0 fully saturated rings. The van der Waals surface area contributed by atoms with Crippen LogP contribution in [0.4, 0.5) is 0 Å². The molecule has 0 radical (unpaired) electrons. The van der Waals surface area contributed by atoms with Gasteiger partial charge in [0.2, 0.25) is 0 Å². The molecule has 1 nitrogen and oxygen atoms in total. The first kappa shape index (κ1) is 79.5. The molecule has 0 aromatic rings. The lowest BCUT2D eigenvalue weighted by atomic mass is 10.0. The van der Waals surface area contributed by atoms with E-state index in [4.69, 9.17) is 17.4 Å². The molecule has 0 aliphatic rings. The summed E-state index contributed by atoms with van der Waals surface area (Å²) in [6.07, 6.45) is 93.4. The Bertz CT molecular complexity index is 1050. The van der Waals surface area contributed by atoms with Crippen LogP contribution < -0.4 is 0 Å². The van der Waals surface area contributed by atoms with E-state index in [9.17, 15) is 0 Å². The molecule has 0 aromatic carbocycles. The Morgan fingerprint density at radius 1 is 0.190 bits per heavy atom. The molecule has 0 saturated heterocycles. The second-order valence-corrected chi connectivity index (χ2v) is 33.3. The number of unbranched alkanes of at least 4 members (excludes halogenated alkanes) is 60. The highest BCUT2D eigenvalue weighted by atomic mass is 32.3. The third kappa shape index (κ3) is 53.7. The summed E-state index contributed by atoms with van der Waals surface area (Å²) in [5.74, 6) is 5.73. The van der Waals surface area contributed by atoms with Crippen molar-refractivity contribution in [3.05, 3.63) is 0 Å². The van der Waals surface area contributed by atoms with Gasteiger partial charge in [0.05, 0.1) is 6.61 Å². The van der Waals surface area contributed by atoms with Crippen LogP contribution in [0, 0.1) is 0 Å². The fourth-order valence-corrected chi connectivity index (χ4v) is 20.8. The number of hydrogen-bond acceptors (Lipinski definition) is 1. The van der Waals surface area contributed by atoms with E-state index in [0.29, 0.717) is 0 Å². The Morgan fingerprint density at radius 3 is 0.468 bits per heavy atom. The van der Waals surface area contributed by atoms with Gasteiger partial charge >= 0.3 is 0 Å². The average Bonchev–Trinajstić information content (AvgIpc) is 3.49. The third-order valence-electron chi connectivity index (χ3n) is 19.1. The Labute approximate surface area is 509 Å². The van der Waals surface area contributed by atoms with Crippen LogP contribution in [0.25, 0.3) is 0 Å². The molecule has 0 atom stereocenters. The first-order valence-electron chi connectivity index (χ1n) is 38.1. The lowest BCUT2D eigenvalue weighted by molar-refractivity contribution is 0.307. The van der Waals surface area contributed by atoms with Gasteiger partial charge in [-0.05, 0) is 55.1 Å². The SMILES string of the molecule is CCCCCCCCCCCCCCCOC(S)=S(CCCCCCCCCCCCCCC)(CCCCCCCCCCCCCCC)(CCCCCCCCCCCCCCC)CCCCCCCCCCCCCCC. The van der Waals surface area contributed by atoms with Gasteiger partial charge in [-0.25, -0.2) is 8.75 Å². The number of thiol groups is 1. The number of ether oxygens (including phenoxy) is 1. The Kier molecular flexibility index (Phi) is 66.5. The van der Waals surface area contributed by atoms with Crippen molar-refractivity contribution in [2.75, 3.05) is 29.6 Å². The minimum Gasteiger partial charge on any atom is -0.336 e. The highest BCUT2D eigenvalue weighted by Gasteiger charge is 2.36. The van der Waals surface area contributed by atoms with Gasteiger partial charge in [0.1, 0.15) is 4.38 Å². The van der Waals surface area contributed by atoms with Gasteiger partial charge in [0, 0.05) is 0 Å². The molecule has 3 heteroatoms. The van der Waals surface area contributed by atoms with E-state index in [-0.39, 0.29) is 0 Å². The second-order valence-electron chi connectivity index (χ2n) is 26.9. The summed E-state index contributed by atoms with van der Waals surface area (Å²) in [6, 6.07) is 0. The fraction of sp³-hybridized carbons (Fsp3) is 0.987. The smallest absolute Gasteiger partial charge is 0.116 e. The van der Waals surface area contributed by atoms with Gasteiger partial charge in [-0.15, -0.1) is 12.6 Å². The van der Waals surface area contributed by atoms with Gasteiger partial charge < -0.3 is 4.74 Å². The zero-order valence-electron chi connectivity index (χ0n) is 56.3. The van der Waals surface area contributed by atoms with E-state index in [2.05, 4.69) is 34.6 Å². The summed E-state index contributed by atoms with van der Waals surface area (Å²) in [5.41, 5.74) is 0. The molecule has 0 N–H and O–H groups in total. The van der Waals surface area contributed by atoms with E-state index >= 15 is 0 Å². The maximum atomic E-state index is 7.30. The maximum absolute atomic E-state index is 7.30. The first-order valence-corrected chi connectivity index (χ1v) is 41.3. The van der Waals surface area contributed by atoms with Crippen molar-refractivity contribution >= 4 is 25.8 Å². The highest BCUT2D eigenvalue weighted by molar-refractivity contribution is 8.52. The average molecular weight is 1150 g/mol. The molecule has 79 heavy (non-hydrogen) atoms. The van der Waals surface area contributed by atoms with Gasteiger partial charge in [-0.2, -0.15) is 0 Å². The molecule has 0 unspecified atom stereocenters. The quantitative estimate of drug-likeness (QED) is 0.0363. The Balaban J connectivity index is 6.18. The summed E-state index contributed by atoms with van der Waals surface area (Å²) >= 11 is 5.83. The van der Waals surface area contributed by atoms with E-state index in [1.807, 2.05) is 0 Å². The van der Waals surface area contributed by atoms with Crippen LogP contribution in [0.15, 0.2) is 0 Å². The predicted octanol–water partition coefficient (Wildman–Crippen LogP) is 28.8. The van der Waals surface area contributed by atoms with Crippen LogP contribution in [0.2, 0.25) is 0 Å². The van der Waals surface area contributed by atoms with Gasteiger partial charge in [-0.3, -0.25) is 0 Å². The summed E-state index contributed by atoms with van der Waals surface area (Å²) in [7, 11) is -2.06. The standard InChI is InChI=1S/C76H156OS2/c1-6-11-16-21-26-31-36-41-46-51-56-61-66-71-77-76(78)79(72-67-62-57-52-47-42-37-32-27-22-17-12-7-2,73-68-63-58-53-48-43-38-33-28-23-18-13-8-3,74-69-64-59-54-49-44-39-34-29-24-19-14-9-4)75-70-65-60-55-50-45-40-35-30-25-20-15-10-5/h78H,6-75H2,1-5H3. The summed E-state index contributed by atoms with van der Waals surface area (Å²) in [6.45, 7) is 12.6. The van der Waals surface area contributed by atoms with Crippen molar-refractivity contribution in [1.82, 2.24) is 0 Å². The number of hydrogen-bond donors (Lipinski definition) is 1. The van der Waals surface area contributed by atoms with Crippen LogP contribution >= 0.6 is 21.4 Å². The van der Waals surface area contributed by atoms with Gasteiger partial charge in [0.25, 0.3) is 0 Å². The third-order valence-corrected chi connectivity index (χ3v) is 27.3. The number of rotatable bonds is 70. The van der Waals surface area contributed by atoms with Crippen molar-refractivity contribution in [2.45, 2.75) is 452 Å². The molecule has 0 bridgehead atoms. The molecule has 478 valence electrons. The molecule has 0 rings (SSSR count). The zero-order valence-corrected chi connectivity index (χ0v) is 58.0. The second kappa shape index (κ2) is 66.1. The summed E-state index contributed by atoms with van der Waals surface area (Å²) in [5, 5.41) is 0. The summed E-state index contributed by atoms with van der Waals surface area (Å²) in [4.78, 5) is 0. The molecular weight excluding hydrogens is 993 g/mol. The molecule has 0 aliphatic heterocycles. The van der Waals surface area contributed by atoms with Gasteiger partial charge in [0.15, 0.2) is 0 Å². The van der Waals surface area contributed by atoms with Crippen molar-refractivity contribution in [3.8, 4) is 0 Å². The normalized spacial score (nSPS) is 12.5. The molecule has 0 aliphatic carbocycles. The maximum Gasteiger partial charge on any atom is 0.116 e. The minimum atomic E-state index is -2.06. The van der Waals surface area contributed by atoms with Crippen LogP contribution in [0.3, 0.4) is 0 Å². The first-order chi connectivity index (χ1) is 39.0. The zero-order chi connectivity index (χ0) is 57.2. The minimum absolute atomic E-state index is 0.914. The van der Waals surface area contributed by atoms with E-state index in [1.54, 1.807) is 0 Å². The van der Waals surface area contributed by atoms with Crippen LogP contribution in [-0.4, -0.2) is 34.0 Å². The molecule has 0 saturated carbocycles. The van der Waals surface area contributed by atoms with Crippen LogP contribution in [0.1, 0.15) is 452 Å². The Morgan fingerprint density at radius 2 is 0.316 bits per heavy atom. The Hall–Kier alpha value is 0.530. The van der Waals surface area contributed by atoms with Crippen molar-refractivity contribution < 1.29 is 4.74 Å². The molecular formula is C76H156OS2. The van der Waals surface area contributed by atoms with Crippen molar-refractivity contribution in [2.24, 2.45) is 0 Å². The largest absolute Gasteiger partial charge is 0.336 e. The van der Waals surface area contributed by atoms with E-state index < -0.39 is 8.75 Å². The van der Waals surface area contributed by atoms with Crippen molar-refractivity contribution in [1.29, 1.82) is 0 Å². The lowest BCUT2D eigenvalue weighted by Gasteiger charge is -2.52. The van der Waals surface area contributed by atoms with E-state index in [1.165, 1.54) is 445 Å². The fourth-order valence-electron chi connectivity index (χ4n) is 13.4. The van der Waals surface area contributed by atoms with Crippen molar-refractivity contribution in [3.63, 3.8) is 0 Å². The van der Waals surface area contributed by atoms with E-state index in [0.717, 1.165) is 6.61 Å². The topological polar surface area (TPSA) is 9.23 Å². The molecule has 0 aromatic heterocycles. The predicted molar refractivity (Wildman–Crippen MR) is 375 cm³/mol. The summed E-state index contributed by atoms with van der Waals surface area (Å²) < 4.78 is 8.62. The molecule has 0 spiro atoms. The van der Waals surface area contributed by atoms with Crippen LogP contribution in [-0.2, 0) is 4.74 Å². The highest BCUT2D eigenvalue weighted by Crippen LogP contribution is 2.64. The molecule has 0 amide bonds.